The van der Waals surface area contributed by atoms with Gasteiger partial charge < -0.3 is 14.0 Å². The molecule has 1 saturated heterocycles. The molecule has 34 heavy (non-hydrogen) atoms. The molecule has 0 radical (unpaired) electrons. The zero-order chi connectivity index (χ0) is 24.1. The standard InChI is InChI=1S/C23H26N4O6S/c1-16-14-27(15-17(2)32-16)34(29,30)20-8-3-6-18(12-20)23(28)31-11-5-9-21-25-22(26-33-21)19-7-4-10-24-13-19/h3-4,6-8,10,12-13,16-17H,5,9,11,14-15H2,1-2H3. The van der Waals surface area contributed by atoms with Crippen LogP contribution in [0.4, 0.5) is 0 Å². The number of aryl methyl sites for hydroxylation is 1. The van der Waals surface area contributed by atoms with Crippen molar-refractivity contribution in [3.63, 3.8) is 0 Å². The van der Waals surface area contributed by atoms with Crippen LogP contribution in [0.3, 0.4) is 0 Å². The van der Waals surface area contributed by atoms with Crippen molar-refractivity contribution in [2.24, 2.45) is 0 Å². The lowest BCUT2D eigenvalue weighted by atomic mass is 10.2. The van der Waals surface area contributed by atoms with E-state index in [9.17, 15) is 13.2 Å². The highest BCUT2D eigenvalue weighted by molar-refractivity contribution is 7.89. The van der Waals surface area contributed by atoms with E-state index in [-0.39, 0.29) is 42.4 Å². The number of esters is 1. The molecule has 0 aliphatic carbocycles. The maximum absolute atomic E-state index is 13.1. The first-order chi connectivity index (χ1) is 16.3. The van der Waals surface area contributed by atoms with Gasteiger partial charge in [0.05, 0.1) is 29.3 Å². The highest BCUT2D eigenvalue weighted by Crippen LogP contribution is 2.22. The molecule has 10 nitrogen and oxygen atoms in total. The first-order valence-electron chi connectivity index (χ1n) is 11.0. The number of carbonyl (C=O) groups is 1. The molecule has 2 aromatic heterocycles. The quantitative estimate of drug-likeness (QED) is 0.349. The van der Waals surface area contributed by atoms with Gasteiger partial charge >= 0.3 is 5.97 Å². The lowest BCUT2D eigenvalue weighted by Crippen LogP contribution is -2.48. The van der Waals surface area contributed by atoms with Crippen LogP contribution in [0.5, 0.6) is 0 Å². The third-order valence-corrected chi connectivity index (χ3v) is 7.08. The Morgan fingerprint density at radius 2 is 1.97 bits per heavy atom. The number of nitrogens with zero attached hydrogens (tertiary/aromatic N) is 4. The second-order valence-electron chi connectivity index (χ2n) is 8.10. The largest absolute Gasteiger partial charge is 0.462 e. The third-order valence-electron chi connectivity index (χ3n) is 5.25. The van der Waals surface area contributed by atoms with Crippen LogP contribution in [0.15, 0.2) is 58.2 Å². The van der Waals surface area contributed by atoms with Gasteiger partial charge in [0.25, 0.3) is 0 Å². The predicted octanol–water partition coefficient (Wildman–Crippen LogP) is 2.72. The summed E-state index contributed by atoms with van der Waals surface area (Å²) in [6, 6.07) is 9.51. The van der Waals surface area contributed by atoms with Gasteiger partial charge in [-0.3, -0.25) is 4.98 Å². The van der Waals surface area contributed by atoms with Crippen LogP contribution in [-0.4, -0.2) is 65.7 Å². The van der Waals surface area contributed by atoms with E-state index in [1.54, 1.807) is 18.5 Å². The summed E-state index contributed by atoms with van der Waals surface area (Å²) in [5.41, 5.74) is 0.923. The van der Waals surface area contributed by atoms with Crippen LogP contribution in [0.1, 0.15) is 36.5 Å². The molecule has 1 aliphatic heterocycles. The Balaban J connectivity index is 1.32. The van der Waals surface area contributed by atoms with Crippen LogP contribution >= 0.6 is 0 Å². The molecule has 1 aliphatic rings. The summed E-state index contributed by atoms with van der Waals surface area (Å²) >= 11 is 0. The van der Waals surface area contributed by atoms with Crippen molar-refractivity contribution in [2.75, 3.05) is 19.7 Å². The highest BCUT2D eigenvalue weighted by atomic mass is 32.2. The predicted molar refractivity (Wildman–Crippen MR) is 121 cm³/mol. The summed E-state index contributed by atoms with van der Waals surface area (Å²) in [5, 5.41) is 3.93. The van der Waals surface area contributed by atoms with Gasteiger partial charge in [-0.1, -0.05) is 11.2 Å². The minimum absolute atomic E-state index is 0.0528. The van der Waals surface area contributed by atoms with Crippen LogP contribution in [0.25, 0.3) is 11.4 Å². The van der Waals surface area contributed by atoms with Crippen molar-refractivity contribution >= 4 is 16.0 Å². The van der Waals surface area contributed by atoms with E-state index < -0.39 is 16.0 Å². The monoisotopic (exact) mass is 486 g/mol. The molecule has 1 fully saturated rings. The summed E-state index contributed by atoms with van der Waals surface area (Å²) in [6.07, 6.45) is 3.81. The third kappa shape index (κ3) is 5.66. The van der Waals surface area contributed by atoms with E-state index in [0.29, 0.717) is 24.6 Å². The lowest BCUT2D eigenvalue weighted by Gasteiger charge is -2.34. The molecule has 0 spiro atoms. The zero-order valence-corrected chi connectivity index (χ0v) is 19.8. The Bertz CT molecular complexity index is 1220. The number of morpholine rings is 1. The van der Waals surface area contributed by atoms with Crippen LogP contribution in [0, 0.1) is 0 Å². The average Bonchev–Trinajstić information content (AvgIpc) is 3.31. The molecule has 2 atom stereocenters. The SMILES string of the molecule is CC1CN(S(=O)(=O)c2cccc(C(=O)OCCCc3nc(-c4cccnc4)no3)c2)CC(C)O1. The summed E-state index contributed by atoms with van der Waals surface area (Å²) < 4.78 is 43.7. The Morgan fingerprint density at radius 3 is 2.71 bits per heavy atom. The molecule has 0 N–H and O–H groups in total. The summed E-state index contributed by atoms with van der Waals surface area (Å²) in [7, 11) is -3.75. The number of benzene rings is 1. The summed E-state index contributed by atoms with van der Waals surface area (Å²) in [4.78, 5) is 20.9. The minimum Gasteiger partial charge on any atom is -0.462 e. The normalized spacial score (nSPS) is 19.1. The summed E-state index contributed by atoms with van der Waals surface area (Å²) in [6.45, 7) is 4.32. The van der Waals surface area contributed by atoms with Gasteiger partial charge in [-0.15, -0.1) is 0 Å². The topological polar surface area (TPSA) is 125 Å². The average molecular weight is 487 g/mol. The minimum atomic E-state index is -3.75. The second-order valence-corrected chi connectivity index (χ2v) is 10.0. The summed E-state index contributed by atoms with van der Waals surface area (Å²) in [5.74, 6) is 0.279. The van der Waals surface area contributed by atoms with Gasteiger partial charge in [-0.2, -0.15) is 9.29 Å². The molecule has 0 amide bonds. The van der Waals surface area contributed by atoms with Crippen LogP contribution in [-0.2, 0) is 25.9 Å². The Morgan fingerprint density at radius 1 is 1.18 bits per heavy atom. The number of aromatic nitrogens is 3. The first kappa shape index (κ1) is 24.0. The van der Waals surface area contributed by atoms with E-state index in [4.69, 9.17) is 14.0 Å². The molecule has 0 saturated carbocycles. The molecule has 1 aromatic carbocycles. The van der Waals surface area contributed by atoms with E-state index in [1.807, 2.05) is 19.9 Å². The van der Waals surface area contributed by atoms with E-state index in [2.05, 4.69) is 15.1 Å². The smallest absolute Gasteiger partial charge is 0.338 e. The first-order valence-corrected chi connectivity index (χ1v) is 12.4. The zero-order valence-electron chi connectivity index (χ0n) is 19.0. The van der Waals surface area contributed by atoms with Crippen molar-refractivity contribution in [3.05, 3.63) is 60.2 Å². The number of hydrogen-bond donors (Lipinski definition) is 0. The number of ether oxygens (including phenoxy) is 2. The molecule has 3 aromatic rings. The fourth-order valence-electron chi connectivity index (χ4n) is 3.70. The van der Waals surface area contributed by atoms with Gasteiger partial charge in [0.15, 0.2) is 0 Å². The Kier molecular flexibility index (Phi) is 7.35. The molecule has 4 rings (SSSR count). The molecule has 0 bridgehead atoms. The second kappa shape index (κ2) is 10.4. The van der Waals surface area contributed by atoms with Crippen molar-refractivity contribution in [1.29, 1.82) is 0 Å². The Hall–Kier alpha value is -3.15. The molecule has 11 heteroatoms. The van der Waals surface area contributed by atoms with Crippen molar-refractivity contribution in [1.82, 2.24) is 19.4 Å². The van der Waals surface area contributed by atoms with E-state index in [0.717, 1.165) is 5.56 Å². The molecule has 2 unspecified atom stereocenters. The van der Waals surface area contributed by atoms with Crippen LogP contribution in [0.2, 0.25) is 0 Å². The van der Waals surface area contributed by atoms with Crippen molar-refractivity contribution < 1.29 is 27.2 Å². The van der Waals surface area contributed by atoms with Gasteiger partial charge in [0.1, 0.15) is 0 Å². The number of carbonyl (C=O) groups excluding carboxylic acids is 1. The maximum atomic E-state index is 13.1. The molecular formula is C23H26N4O6S. The van der Waals surface area contributed by atoms with Gasteiger partial charge in [0.2, 0.25) is 21.7 Å². The van der Waals surface area contributed by atoms with Crippen molar-refractivity contribution in [3.8, 4) is 11.4 Å². The van der Waals surface area contributed by atoms with Crippen molar-refractivity contribution in [2.45, 2.75) is 43.8 Å². The maximum Gasteiger partial charge on any atom is 0.338 e. The molecule has 180 valence electrons. The van der Waals surface area contributed by atoms with E-state index >= 15 is 0 Å². The number of pyridine rings is 1. The lowest BCUT2D eigenvalue weighted by molar-refractivity contribution is -0.0440. The fourth-order valence-corrected chi connectivity index (χ4v) is 5.34. The Labute approximate surface area is 198 Å². The molecular weight excluding hydrogens is 460 g/mol. The van der Waals surface area contributed by atoms with Gasteiger partial charge in [-0.25, -0.2) is 13.2 Å². The van der Waals surface area contributed by atoms with Crippen LogP contribution < -0.4 is 0 Å². The number of sulfonamides is 1. The van der Waals surface area contributed by atoms with E-state index in [1.165, 1.54) is 28.6 Å². The highest BCUT2D eigenvalue weighted by Gasteiger charge is 2.32. The number of hydrogen-bond acceptors (Lipinski definition) is 9. The van der Waals surface area contributed by atoms with Gasteiger partial charge in [-0.05, 0) is 50.6 Å². The number of rotatable bonds is 8. The molecule has 3 heterocycles. The fraction of sp³-hybridized carbons (Fsp3) is 0.391. The van der Waals surface area contributed by atoms with Gasteiger partial charge in [0, 0.05) is 37.5 Å².